The van der Waals surface area contributed by atoms with E-state index in [1.54, 1.807) is 7.05 Å². The van der Waals surface area contributed by atoms with Gasteiger partial charge in [-0.3, -0.25) is 19.3 Å². The maximum absolute atomic E-state index is 14.1. The topological polar surface area (TPSA) is 69.7 Å². The van der Waals surface area contributed by atoms with Crippen LogP contribution < -0.4 is 5.32 Å². The summed E-state index contributed by atoms with van der Waals surface area (Å²) >= 11 is 0. The van der Waals surface area contributed by atoms with Crippen molar-refractivity contribution in [3.8, 4) is 0 Å². The maximum atomic E-state index is 14.1. The number of aryl methyl sites for hydroxylation is 1. The van der Waals surface area contributed by atoms with Crippen LogP contribution in [0, 0.1) is 11.8 Å². The summed E-state index contributed by atoms with van der Waals surface area (Å²) in [6.45, 7) is 8.33. The summed E-state index contributed by atoms with van der Waals surface area (Å²) in [7, 11) is 1.76. The van der Waals surface area contributed by atoms with Crippen LogP contribution in [0.1, 0.15) is 69.1 Å². The van der Waals surface area contributed by atoms with Crippen molar-refractivity contribution in [2.24, 2.45) is 11.8 Å². The Kier molecular flexibility index (Phi) is 10.1. The Balaban J connectivity index is 1.56. The third-order valence-corrected chi connectivity index (χ3v) is 8.77. The summed E-state index contributed by atoms with van der Waals surface area (Å²) in [4.78, 5) is 45.0. The van der Waals surface area contributed by atoms with Gasteiger partial charge in [-0.25, -0.2) is 0 Å². The average Bonchev–Trinajstić information content (AvgIpc) is 2.95. The molecule has 39 heavy (non-hydrogen) atoms. The Morgan fingerprint density at radius 2 is 1.69 bits per heavy atom. The first-order valence-electron chi connectivity index (χ1n) is 14.7. The molecule has 0 spiro atoms. The van der Waals surface area contributed by atoms with E-state index >= 15 is 0 Å². The van der Waals surface area contributed by atoms with E-state index in [4.69, 9.17) is 0 Å². The molecule has 210 valence electrons. The van der Waals surface area contributed by atoms with Gasteiger partial charge in [-0.2, -0.15) is 0 Å². The zero-order valence-electron chi connectivity index (χ0n) is 24.1. The van der Waals surface area contributed by atoms with Crippen LogP contribution in [0.2, 0.25) is 0 Å². The largest absolute Gasteiger partial charge is 0.330 e. The summed E-state index contributed by atoms with van der Waals surface area (Å²) in [5, 5.41) is 3.00. The average molecular weight is 532 g/mol. The standard InChI is InChI=1S/C33H45N3O3/c1-23(2)29(20-31(37)24(3)34-4)33(39)36-18-17-35(21-25-11-6-5-7-12-25)22-30(36)32(38)19-27-15-10-14-26-13-8-9-16-28(26)27/h5-9,11-13,16,23-24,27,29-30,34H,10,14-15,17-22H2,1-4H3/t24-,27-,29-,30-/m0/s1. The van der Waals surface area contributed by atoms with Gasteiger partial charge >= 0.3 is 0 Å². The molecule has 1 fully saturated rings. The van der Waals surface area contributed by atoms with Gasteiger partial charge in [-0.1, -0.05) is 68.4 Å². The zero-order chi connectivity index (χ0) is 27.9. The number of piperazine rings is 1. The number of fused-ring (bicyclic) bond motifs is 1. The second-order valence-corrected chi connectivity index (χ2v) is 11.8. The van der Waals surface area contributed by atoms with Gasteiger partial charge in [0, 0.05) is 44.9 Å². The monoisotopic (exact) mass is 531 g/mol. The summed E-state index contributed by atoms with van der Waals surface area (Å²) in [6.07, 6.45) is 3.80. The van der Waals surface area contributed by atoms with E-state index in [-0.39, 0.29) is 41.8 Å². The molecule has 0 radical (unpaired) electrons. The number of carbonyl (C=O) groups excluding carboxylic acids is 3. The zero-order valence-corrected chi connectivity index (χ0v) is 24.1. The highest BCUT2D eigenvalue weighted by Crippen LogP contribution is 2.35. The number of nitrogens with one attached hydrogen (secondary N) is 1. The van der Waals surface area contributed by atoms with Crippen LogP contribution in [0.5, 0.6) is 0 Å². The molecule has 1 aliphatic carbocycles. The lowest BCUT2D eigenvalue weighted by molar-refractivity contribution is -0.149. The molecule has 1 amide bonds. The number of ketones is 2. The fourth-order valence-corrected chi connectivity index (χ4v) is 6.19. The molecule has 2 aromatic rings. The normalized spacial score (nSPS) is 21.3. The third-order valence-electron chi connectivity index (χ3n) is 8.77. The molecule has 1 aliphatic heterocycles. The molecule has 1 N–H and O–H groups in total. The van der Waals surface area contributed by atoms with Gasteiger partial charge in [0.15, 0.2) is 5.78 Å². The predicted molar refractivity (Wildman–Crippen MR) is 155 cm³/mol. The number of rotatable bonds is 11. The SMILES string of the molecule is CN[C@@H](C)C(=O)C[C@H](C(=O)N1CCN(Cc2ccccc2)C[C@H]1C(=O)C[C@@H]1CCCc2ccccc21)C(C)C. The van der Waals surface area contributed by atoms with Crippen LogP contribution in [0.15, 0.2) is 54.6 Å². The highest BCUT2D eigenvalue weighted by molar-refractivity contribution is 5.93. The molecule has 4 atom stereocenters. The van der Waals surface area contributed by atoms with E-state index in [9.17, 15) is 14.4 Å². The summed E-state index contributed by atoms with van der Waals surface area (Å²) < 4.78 is 0. The Labute approximate surface area is 234 Å². The number of likely N-dealkylation sites (N-methyl/N-ethyl adjacent to an activating group) is 1. The minimum absolute atomic E-state index is 0.00817. The lowest BCUT2D eigenvalue weighted by atomic mass is 9.79. The van der Waals surface area contributed by atoms with Gasteiger partial charge in [0.05, 0.1) is 6.04 Å². The number of hydrogen-bond donors (Lipinski definition) is 1. The summed E-state index contributed by atoms with van der Waals surface area (Å²) in [5.74, 6) is -0.103. The van der Waals surface area contributed by atoms with Gasteiger partial charge in [0.2, 0.25) is 5.91 Å². The fraction of sp³-hybridized carbons (Fsp3) is 0.545. The summed E-state index contributed by atoms with van der Waals surface area (Å²) in [6, 6.07) is 18.0. The number of amides is 1. The quantitative estimate of drug-likeness (QED) is 0.458. The molecule has 0 bridgehead atoms. The summed E-state index contributed by atoms with van der Waals surface area (Å²) in [5.41, 5.74) is 3.84. The van der Waals surface area contributed by atoms with Crippen LogP contribution in [0.4, 0.5) is 0 Å². The molecular formula is C33H45N3O3. The van der Waals surface area contributed by atoms with Crippen molar-refractivity contribution >= 4 is 17.5 Å². The van der Waals surface area contributed by atoms with Crippen molar-refractivity contribution in [1.29, 1.82) is 0 Å². The van der Waals surface area contributed by atoms with E-state index in [1.807, 2.05) is 43.9 Å². The van der Waals surface area contributed by atoms with Gasteiger partial charge in [0.1, 0.15) is 11.8 Å². The smallest absolute Gasteiger partial charge is 0.227 e. The second-order valence-electron chi connectivity index (χ2n) is 11.8. The molecular weight excluding hydrogens is 486 g/mol. The van der Waals surface area contributed by atoms with Crippen LogP contribution in [0.25, 0.3) is 0 Å². The first kappa shape index (κ1) is 29.2. The minimum atomic E-state index is -0.498. The van der Waals surface area contributed by atoms with Crippen molar-refractivity contribution in [3.63, 3.8) is 0 Å². The van der Waals surface area contributed by atoms with Gasteiger partial charge in [-0.15, -0.1) is 0 Å². The van der Waals surface area contributed by atoms with Crippen LogP contribution in [-0.2, 0) is 27.3 Å². The molecule has 0 aromatic heterocycles. The van der Waals surface area contributed by atoms with Crippen molar-refractivity contribution < 1.29 is 14.4 Å². The second kappa shape index (κ2) is 13.5. The van der Waals surface area contributed by atoms with Gasteiger partial charge in [0.25, 0.3) is 0 Å². The number of carbonyl (C=O) groups is 3. The van der Waals surface area contributed by atoms with Crippen molar-refractivity contribution in [1.82, 2.24) is 15.1 Å². The molecule has 2 aliphatic rings. The van der Waals surface area contributed by atoms with Crippen LogP contribution in [0.3, 0.4) is 0 Å². The number of hydrogen-bond acceptors (Lipinski definition) is 5. The van der Waals surface area contributed by atoms with E-state index in [2.05, 4.69) is 46.6 Å². The fourth-order valence-electron chi connectivity index (χ4n) is 6.19. The first-order valence-corrected chi connectivity index (χ1v) is 14.7. The van der Waals surface area contributed by atoms with Crippen LogP contribution >= 0.6 is 0 Å². The molecule has 1 heterocycles. The van der Waals surface area contributed by atoms with Crippen LogP contribution in [-0.4, -0.2) is 66.0 Å². The van der Waals surface area contributed by atoms with Gasteiger partial charge < -0.3 is 10.2 Å². The third kappa shape index (κ3) is 7.23. The molecule has 0 unspecified atom stereocenters. The Morgan fingerprint density at radius 3 is 2.41 bits per heavy atom. The van der Waals surface area contributed by atoms with Crippen molar-refractivity contribution in [2.45, 2.75) is 77.4 Å². The van der Waals surface area contributed by atoms with E-state index in [0.717, 1.165) is 25.8 Å². The Morgan fingerprint density at radius 1 is 0.974 bits per heavy atom. The van der Waals surface area contributed by atoms with E-state index in [1.165, 1.54) is 16.7 Å². The lowest BCUT2D eigenvalue weighted by Gasteiger charge is -2.43. The molecule has 2 aromatic carbocycles. The van der Waals surface area contributed by atoms with Crippen molar-refractivity contribution in [2.75, 3.05) is 26.7 Å². The highest BCUT2D eigenvalue weighted by atomic mass is 16.2. The maximum Gasteiger partial charge on any atom is 0.227 e. The molecule has 6 nitrogen and oxygen atoms in total. The van der Waals surface area contributed by atoms with E-state index < -0.39 is 12.0 Å². The Bertz CT molecular complexity index is 1130. The number of benzene rings is 2. The Hall–Kier alpha value is -2.83. The first-order chi connectivity index (χ1) is 18.8. The molecule has 0 saturated carbocycles. The van der Waals surface area contributed by atoms with Crippen molar-refractivity contribution in [3.05, 3.63) is 71.3 Å². The predicted octanol–water partition coefficient (Wildman–Crippen LogP) is 4.62. The molecule has 4 rings (SSSR count). The van der Waals surface area contributed by atoms with E-state index in [0.29, 0.717) is 26.1 Å². The highest BCUT2D eigenvalue weighted by Gasteiger charge is 2.40. The molecule has 1 saturated heterocycles. The number of Topliss-reactive ketones (excluding diaryl/α,β-unsaturated/α-hetero) is 2. The number of nitrogens with zero attached hydrogens (tertiary/aromatic N) is 2. The molecule has 6 heteroatoms. The van der Waals surface area contributed by atoms with Gasteiger partial charge in [-0.05, 0) is 61.8 Å². The lowest BCUT2D eigenvalue weighted by Crippen LogP contribution is -2.59. The minimum Gasteiger partial charge on any atom is -0.330 e.